The van der Waals surface area contributed by atoms with E-state index in [2.05, 4.69) is 0 Å². The molecule has 0 unspecified atom stereocenters. The molecule has 0 N–H and O–H groups in total. The normalized spacial score (nSPS) is 10.7. The molecule has 1 aromatic heterocycles. The lowest BCUT2D eigenvalue weighted by molar-refractivity contribution is -0.134. The van der Waals surface area contributed by atoms with Gasteiger partial charge in [-0.1, -0.05) is 13.0 Å². The fourth-order valence-corrected chi connectivity index (χ4v) is 2.93. The second-order valence-corrected chi connectivity index (χ2v) is 5.94. The molecule has 0 spiro atoms. The average Bonchev–Trinajstić information content (AvgIpc) is 2.67. The quantitative estimate of drug-likeness (QED) is 0.383. The molecule has 3 rings (SSSR count). The first-order valence-corrected chi connectivity index (χ1v) is 8.49. The zero-order chi connectivity index (χ0) is 19.6. The minimum absolute atomic E-state index is 0.263. The lowest BCUT2D eigenvalue weighted by Gasteiger charge is -2.12. The van der Waals surface area contributed by atoms with Crippen molar-refractivity contribution in [2.45, 2.75) is 20.3 Å². The van der Waals surface area contributed by atoms with E-state index in [1.54, 1.807) is 50.4 Å². The molecule has 0 bridgehead atoms. The Morgan fingerprint density at radius 3 is 2.44 bits per heavy atom. The predicted octanol–water partition coefficient (Wildman–Crippen LogP) is 4.10. The number of aryl methyl sites for hydroxylation is 1. The first-order chi connectivity index (χ1) is 13.0. The number of ether oxygens (including phenoxy) is 3. The molecule has 0 saturated carbocycles. The highest BCUT2D eigenvalue weighted by atomic mass is 16.5. The van der Waals surface area contributed by atoms with E-state index in [-0.39, 0.29) is 12.4 Å². The Labute approximate surface area is 156 Å². The smallest absolute Gasteiger partial charge is 0.344 e. The number of benzene rings is 2. The van der Waals surface area contributed by atoms with E-state index < -0.39 is 5.63 Å². The topological polar surface area (TPSA) is 75.0 Å². The van der Waals surface area contributed by atoms with Crippen molar-refractivity contribution in [2.24, 2.45) is 0 Å². The van der Waals surface area contributed by atoms with Gasteiger partial charge in [-0.25, -0.2) is 4.79 Å². The molecule has 0 radical (unpaired) electrons. The molecule has 6 heteroatoms. The van der Waals surface area contributed by atoms with E-state index in [1.165, 1.54) is 7.11 Å². The van der Waals surface area contributed by atoms with Gasteiger partial charge in [-0.15, -0.1) is 0 Å². The molecule has 0 aliphatic rings. The molecule has 2 aromatic carbocycles. The highest BCUT2D eigenvalue weighted by molar-refractivity contribution is 5.88. The molecule has 3 aromatic rings. The van der Waals surface area contributed by atoms with Gasteiger partial charge in [0.25, 0.3) is 0 Å². The average molecular weight is 368 g/mol. The maximum absolute atomic E-state index is 12.7. The molecule has 0 amide bonds. The maximum Gasteiger partial charge on any atom is 0.344 e. The molecule has 27 heavy (non-hydrogen) atoms. The van der Waals surface area contributed by atoms with Crippen molar-refractivity contribution in [2.75, 3.05) is 14.2 Å². The van der Waals surface area contributed by atoms with Crippen molar-refractivity contribution in [3.8, 4) is 28.4 Å². The van der Waals surface area contributed by atoms with Gasteiger partial charge in [0.05, 0.1) is 19.8 Å². The number of hydrogen-bond acceptors (Lipinski definition) is 6. The van der Waals surface area contributed by atoms with Crippen LogP contribution in [0.1, 0.15) is 18.9 Å². The van der Waals surface area contributed by atoms with E-state index in [0.29, 0.717) is 34.0 Å². The zero-order valence-corrected chi connectivity index (χ0v) is 15.6. The summed E-state index contributed by atoms with van der Waals surface area (Å²) in [7, 11) is 3.09. The first kappa shape index (κ1) is 18.5. The maximum atomic E-state index is 12.7. The van der Waals surface area contributed by atoms with Crippen LogP contribution in [0.5, 0.6) is 17.2 Å². The fraction of sp³-hybridized carbons (Fsp3) is 0.238. The summed E-state index contributed by atoms with van der Waals surface area (Å²) in [5.74, 6) is 1.09. The Bertz CT molecular complexity index is 1060. The van der Waals surface area contributed by atoms with Gasteiger partial charge in [0.2, 0.25) is 0 Å². The molecule has 140 valence electrons. The van der Waals surface area contributed by atoms with Crippen molar-refractivity contribution >= 4 is 16.9 Å². The minimum Gasteiger partial charge on any atom is -0.493 e. The van der Waals surface area contributed by atoms with Crippen molar-refractivity contribution in [3.63, 3.8) is 0 Å². The summed E-state index contributed by atoms with van der Waals surface area (Å²) in [4.78, 5) is 24.1. The van der Waals surface area contributed by atoms with Gasteiger partial charge in [-0.2, -0.15) is 0 Å². The number of carbonyl (C=O) groups is 1. The molecule has 0 aliphatic carbocycles. The summed E-state index contributed by atoms with van der Waals surface area (Å²) in [6.07, 6.45) is 0.263. The largest absolute Gasteiger partial charge is 0.493 e. The third-order valence-electron chi connectivity index (χ3n) is 4.33. The van der Waals surface area contributed by atoms with Gasteiger partial charge in [0.1, 0.15) is 11.3 Å². The van der Waals surface area contributed by atoms with Crippen LogP contribution in [0.25, 0.3) is 22.1 Å². The molecule has 0 saturated heterocycles. The van der Waals surface area contributed by atoms with Crippen LogP contribution in [0, 0.1) is 6.92 Å². The Hall–Kier alpha value is -3.28. The minimum atomic E-state index is -0.480. The Morgan fingerprint density at radius 1 is 1.04 bits per heavy atom. The van der Waals surface area contributed by atoms with Crippen LogP contribution in [0.4, 0.5) is 0 Å². The van der Waals surface area contributed by atoms with Gasteiger partial charge in [0.15, 0.2) is 11.5 Å². The lowest BCUT2D eigenvalue weighted by Crippen LogP contribution is -2.08. The molecular formula is C21H20O6. The molecule has 0 atom stereocenters. The second-order valence-electron chi connectivity index (χ2n) is 5.94. The third kappa shape index (κ3) is 3.51. The van der Waals surface area contributed by atoms with Crippen LogP contribution >= 0.6 is 0 Å². The predicted molar refractivity (Wildman–Crippen MR) is 102 cm³/mol. The van der Waals surface area contributed by atoms with Gasteiger partial charge in [-0.05, 0) is 42.3 Å². The van der Waals surface area contributed by atoms with Crippen molar-refractivity contribution in [1.82, 2.24) is 0 Å². The van der Waals surface area contributed by atoms with Crippen molar-refractivity contribution < 1.29 is 23.4 Å². The second kappa shape index (κ2) is 7.53. The summed E-state index contributed by atoms with van der Waals surface area (Å²) in [6.45, 7) is 3.56. The van der Waals surface area contributed by atoms with E-state index in [4.69, 9.17) is 18.6 Å². The van der Waals surface area contributed by atoms with Gasteiger partial charge in [0, 0.05) is 17.9 Å². The standard InChI is InChI=1S/C21H20O6/c1-5-19(22)26-14-7-8-15-12(2)20(21(23)27-17(15)11-14)13-6-9-16(24-3)18(10-13)25-4/h6-11H,5H2,1-4H3. The number of carbonyl (C=O) groups excluding carboxylic acids is 1. The lowest BCUT2D eigenvalue weighted by atomic mass is 9.99. The number of hydrogen-bond donors (Lipinski definition) is 0. The van der Waals surface area contributed by atoms with E-state index in [1.807, 2.05) is 6.92 Å². The fourth-order valence-electron chi connectivity index (χ4n) is 2.93. The number of rotatable bonds is 5. The van der Waals surface area contributed by atoms with Crippen LogP contribution < -0.4 is 19.8 Å². The Morgan fingerprint density at radius 2 is 1.78 bits per heavy atom. The third-order valence-corrected chi connectivity index (χ3v) is 4.33. The van der Waals surface area contributed by atoms with Gasteiger partial charge >= 0.3 is 11.6 Å². The Balaban J connectivity index is 2.14. The summed E-state index contributed by atoms with van der Waals surface area (Å²) >= 11 is 0. The van der Waals surface area contributed by atoms with E-state index in [0.717, 1.165) is 10.9 Å². The SMILES string of the molecule is CCC(=O)Oc1ccc2c(C)c(-c3ccc(OC)c(OC)c3)c(=O)oc2c1. The van der Waals surface area contributed by atoms with Crippen LogP contribution in [0.15, 0.2) is 45.6 Å². The number of esters is 1. The van der Waals surface area contributed by atoms with Crippen LogP contribution in [0.2, 0.25) is 0 Å². The molecule has 0 fully saturated rings. The van der Waals surface area contributed by atoms with Crippen LogP contribution in [-0.4, -0.2) is 20.2 Å². The summed E-state index contributed by atoms with van der Waals surface area (Å²) in [5.41, 5.74) is 1.76. The molecule has 6 nitrogen and oxygen atoms in total. The van der Waals surface area contributed by atoms with Crippen LogP contribution in [-0.2, 0) is 4.79 Å². The number of methoxy groups -OCH3 is 2. The Kier molecular flexibility index (Phi) is 5.16. The van der Waals surface area contributed by atoms with Crippen molar-refractivity contribution in [1.29, 1.82) is 0 Å². The monoisotopic (exact) mass is 368 g/mol. The highest BCUT2D eigenvalue weighted by Crippen LogP contribution is 2.34. The zero-order valence-electron chi connectivity index (χ0n) is 15.6. The summed E-state index contributed by atoms with van der Waals surface area (Å²) < 4.78 is 21.3. The van der Waals surface area contributed by atoms with Crippen LogP contribution in [0.3, 0.4) is 0 Å². The van der Waals surface area contributed by atoms with E-state index in [9.17, 15) is 9.59 Å². The first-order valence-electron chi connectivity index (χ1n) is 8.49. The highest BCUT2D eigenvalue weighted by Gasteiger charge is 2.16. The number of fused-ring (bicyclic) bond motifs is 1. The molecule has 0 aliphatic heterocycles. The van der Waals surface area contributed by atoms with E-state index >= 15 is 0 Å². The van der Waals surface area contributed by atoms with Crippen molar-refractivity contribution in [3.05, 3.63) is 52.4 Å². The molecular weight excluding hydrogens is 348 g/mol. The summed E-state index contributed by atoms with van der Waals surface area (Å²) in [6, 6.07) is 10.3. The molecule has 1 heterocycles. The summed E-state index contributed by atoms with van der Waals surface area (Å²) in [5, 5.41) is 0.760. The van der Waals surface area contributed by atoms with Gasteiger partial charge in [-0.3, -0.25) is 4.79 Å². The van der Waals surface area contributed by atoms with Gasteiger partial charge < -0.3 is 18.6 Å².